The van der Waals surface area contributed by atoms with Crippen molar-refractivity contribution in [2.24, 2.45) is 0 Å². The molecule has 2 saturated heterocycles. The number of halogens is 2. The van der Waals surface area contributed by atoms with Crippen LogP contribution >= 0.6 is 11.6 Å². The summed E-state index contributed by atoms with van der Waals surface area (Å²) in [5.41, 5.74) is 2.32. The van der Waals surface area contributed by atoms with Gasteiger partial charge in [0.2, 0.25) is 0 Å². The summed E-state index contributed by atoms with van der Waals surface area (Å²) in [6.45, 7) is 7.32. The summed E-state index contributed by atoms with van der Waals surface area (Å²) >= 11 is 6.73. The number of nitrogens with zero attached hydrogens (tertiary/aromatic N) is 6. The number of epoxide rings is 1. The number of aryl methyl sites for hydroxylation is 1. The van der Waals surface area contributed by atoms with Gasteiger partial charge in [-0.2, -0.15) is 4.98 Å². The van der Waals surface area contributed by atoms with Crippen molar-refractivity contribution in [1.82, 2.24) is 24.4 Å². The molecule has 9 nitrogen and oxygen atoms in total. The molecule has 2 aliphatic heterocycles. The van der Waals surface area contributed by atoms with E-state index in [1.807, 2.05) is 38.8 Å². The van der Waals surface area contributed by atoms with Gasteiger partial charge >= 0.3 is 5.69 Å². The van der Waals surface area contributed by atoms with Crippen molar-refractivity contribution >= 4 is 34.4 Å². The van der Waals surface area contributed by atoms with Crippen LogP contribution in [0.25, 0.3) is 28.0 Å². The first kappa shape index (κ1) is 26.3. The summed E-state index contributed by atoms with van der Waals surface area (Å²) in [6.07, 6.45) is 1.37. The number of carbonyl (C=O) groups is 1. The van der Waals surface area contributed by atoms with Gasteiger partial charge in [-0.1, -0.05) is 37.6 Å². The molecule has 1 aromatic carbocycles. The van der Waals surface area contributed by atoms with E-state index in [1.54, 1.807) is 35.4 Å². The number of ether oxygens (including phenoxy) is 1. The highest BCUT2D eigenvalue weighted by atomic mass is 35.5. The molecule has 2 fully saturated rings. The van der Waals surface area contributed by atoms with E-state index in [4.69, 9.17) is 21.3 Å². The Kier molecular flexibility index (Phi) is 6.54. The Bertz CT molecular complexity index is 1710. The number of anilines is 1. The summed E-state index contributed by atoms with van der Waals surface area (Å²) in [5.74, 6) is -0.106. The van der Waals surface area contributed by atoms with E-state index in [2.05, 4.69) is 9.97 Å². The lowest BCUT2D eigenvalue weighted by Gasteiger charge is -2.44. The third kappa shape index (κ3) is 4.41. The molecule has 0 aliphatic carbocycles. The molecule has 5 heterocycles. The zero-order chi connectivity index (χ0) is 28.3. The van der Waals surface area contributed by atoms with E-state index < -0.39 is 11.5 Å². The average molecular weight is 563 g/mol. The molecule has 11 heteroatoms. The van der Waals surface area contributed by atoms with Gasteiger partial charge in [0, 0.05) is 31.9 Å². The molecular weight excluding hydrogens is 535 g/mol. The first-order chi connectivity index (χ1) is 19.2. The summed E-state index contributed by atoms with van der Waals surface area (Å²) in [4.78, 5) is 43.7. The fraction of sp³-hybridized carbons (Fsp3) is 0.345. The number of pyridine rings is 2. The minimum Gasteiger partial charge on any atom is -0.363 e. The zero-order valence-electron chi connectivity index (χ0n) is 22.6. The topological polar surface area (TPSA) is 96.8 Å². The van der Waals surface area contributed by atoms with Crippen molar-refractivity contribution in [3.05, 3.63) is 75.2 Å². The van der Waals surface area contributed by atoms with Gasteiger partial charge in [0.05, 0.1) is 40.1 Å². The van der Waals surface area contributed by atoms with Crippen LogP contribution in [0.5, 0.6) is 0 Å². The van der Waals surface area contributed by atoms with E-state index in [1.165, 1.54) is 10.6 Å². The lowest BCUT2D eigenvalue weighted by Crippen LogP contribution is -2.61. The summed E-state index contributed by atoms with van der Waals surface area (Å²) in [7, 11) is 1.83. The fourth-order valence-corrected chi connectivity index (χ4v) is 5.40. The molecule has 0 spiro atoms. The largest absolute Gasteiger partial charge is 0.363 e. The van der Waals surface area contributed by atoms with E-state index >= 15 is 0 Å². The highest BCUT2D eigenvalue weighted by Crippen LogP contribution is 2.36. The van der Waals surface area contributed by atoms with E-state index in [-0.39, 0.29) is 40.3 Å². The molecule has 206 valence electrons. The second-order valence-corrected chi connectivity index (χ2v) is 11.0. The van der Waals surface area contributed by atoms with Crippen LogP contribution in [-0.4, -0.2) is 69.2 Å². The monoisotopic (exact) mass is 562 g/mol. The van der Waals surface area contributed by atoms with E-state index in [9.17, 15) is 14.0 Å². The fourth-order valence-electron chi connectivity index (χ4n) is 5.15. The van der Waals surface area contributed by atoms with Crippen molar-refractivity contribution in [2.45, 2.75) is 38.8 Å². The number of benzene rings is 1. The number of hydrogen-bond donors (Lipinski definition) is 0. The highest BCUT2D eigenvalue weighted by Gasteiger charge is 2.42. The molecule has 3 aromatic heterocycles. The quantitative estimate of drug-likeness (QED) is 0.326. The smallest absolute Gasteiger partial charge is 0.355 e. The van der Waals surface area contributed by atoms with Crippen LogP contribution in [-0.2, 0) is 9.53 Å². The minimum atomic E-state index is -0.541. The number of rotatable bonds is 6. The third-order valence-electron chi connectivity index (χ3n) is 7.52. The Hall–Kier alpha value is -3.89. The average Bonchev–Trinajstić information content (AvgIpc) is 3.74. The summed E-state index contributed by atoms with van der Waals surface area (Å²) in [6, 6.07) is 9.69. The molecule has 1 amide bonds. The number of fused-ring (bicyclic) bond motifs is 1. The summed E-state index contributed by atoms with van der Waals surface area (Å²) in [5, 5.41) is 0.753. The van der Waals surface area contributed by atoms with Crippen LogP contribution in [0.1, 0.15) is 31.0 Å². The van der Waals surface area contributed by atoms with Gasteiger partial charge in [-0.05, 0) is 42.7 Å². The predicted molar refractivity (Wildman–Crippen MR) is 151 cm³/mol. The SMILES string of the molecule is Cc1ccnc(C(C)C)c1-n1c(=O)nc(N(C)C2CN(C(=O)C3CO3)C2)c2cc(Cl)c(-c3ccccc3F)nc21. The molecule has 0 radical (unpaired) electrons. The molecule has 6 rings (SSSR count). The Morgan fingerprint density at radius 2 is 1.93 bits per heavy atom. The Morgan fingerprint density at radius 1 is 1.20 bits per heavy atom. The predicted octanol–water partition coefficient (Wildman–Crippen LogP) is 4.11. The Labute approximate surface area is 235 Å². The second kappa shape index (κ2) is 9.94. The van der Waals surface area contributed by atoms with E-state index in [0.29, 0.717) is 47.9 Å². The van der Waals surface area contributed by atoms with Crippen molar-refractivity contribution in [2.75, 3.05) is 31.6 Å². The van der Waals surface area contributed by atoms with Crippen LogP contribution in [0.3, 0.4) is 0 Å². The number of aromatic nitrogens is 4. The van der Waals surface area contributed by atoms with Crippen molar-refractivity contribution in [3.8, 4) is 16.9 Å². The Balaban J connectivity index is 1.56. The van der Waals surface area contributed by atoms with Gasteiger partial charge in [-0.15, -0.1) is 0 Å². The summed E-state index contributed by atoms with van der Waals surface area (Å²) < 4.78 is 21.5. The third-order valence-corrected chi connectivity index (χ3v) is 7.81. The minimum absolute atomic E-state index is 0.00600. The first-order valence-electron chi connectivity index (χ1n) is 13.1. The Morgan fingerprint density at radius 3 is 2.60 bits per heavy atom. The first-order valence-corrected chi connectivity index (χ1v) is 13.5. The molecule has 1 unspecified atom stereocenters. The van der Waals surface area contributed by atoms with Crippen molar-refractivity contribution in [1.29, 1.82) is 0 Å². The molecule has 2 aliphatic rings. The number of amides is 1. The lowest BCUT2D eigenvalue weighted by molar-refractivity contribution is -0.136. The molecule has 1 atom stereocenters. The normalized spacial score (nSPS) is 16.9. The van der Waals surface area contributed by atoms with Crippen LogP contribution < -0.4 is 10.6 Å². The molecule has 4 aromatic rings. The van der Waals surface area contributed by atoms with Crippen LogP contribution in [0.2, 0.25) is 5.02 Å². The van der Waals surface area contributed by atoms with Gasteiger partial charge in [-0.25, -0.2) is 18.7 Å². The number of likely N-dealkylation sites (N-methyl/N-ethyl adjacent to an activating group) is 1. The molecule has 0 bridgehead atoms. The van der Waals surface area contributed by atoms with Crippen LogP contribution in [0.4, 0.5) is 10.2 Å². The standard InChI is InChI=1S/C29H28ClFN6O3/c1-15(2)23-25(16(3)9-10-32-23)37-27-19(11-20(30)24(33-27)18-7-5-6-8-21(18)31)26(34-29(37)39)35(4)17-12-36(13-17)28(38)22-14-40-22/h5-11,15,17,22H,12-14H2,1-4H3. The number of carbonyl (C=O) groups excluding carboxylic acids is 1. The highest BCUT2D eigenvalue weighted by molar-refractivity contribution is 6.33. The maximum atomic E-state index is 14.9. The van der Waals surface area contributed by atoms with Gasteiger partial charge in [0.15, 0.2) is 11.8 Å². The molecule has 40 heavy (non-hydrogen) atoms. The van der Waals surface area contributed by atoms with Crippen molar-refractivity contribution in [3.63, 3.8) is 0 Å². The molecular formula is C29H28ClFN6O3. The van der Waals surface area contributed by atoms with Gasteiger partial charge in [0.1, 0.15) is 11.6 Å². The van der Waals surface area contributed by atoms with Crippen LogP contribution in [0, 0.1) is 12.7 Å². The second-order valence-electron chi connectivity index (χ2n) is 10.6. The zero-order valence-corrected chi connectivity index (χ0v) is 23.3. The maximum absolute atomic E-state index is 14.9. The van der Waals surface area contributed by atoms with Crippen LogP contribution in [0.15, 0.2) is 47.4 Å². The van der Waals surface area contributed by atoms with Gasteiger partial charge < -0.3 is 14.5 Å². The van der Waals surface area contributed by atoms with Gasteiger partial charge in [-0.3, -0.25) is 9.78 Å². The lowest BCUT2D eigenvalue weighted by atomic mass is 10.0. The van der Waals surface area contributed by atoms with Crippen molar-refractivity contribution < 1.29 is 13.9 Å². The molecule has 0 saturated carbocycles. The van der Waals surface area contributed by atoms with Gasteiger partial charge in [0.25, 0.3) is 5.91 Å². The van der Waals surface area contributed by atoms with E-state index in [0.717, 1.165) is 5.56 Å². The molecule has 0 N–H and O–H groups in total. The maximum Gasteiger partial charge on any atom is 0.355 e. The number of hydrogen-bond acceptors (Lipinski definition) is 7. The number of likely N-dealkylation sites (tertiary alicyclic amines) is 1.